The Hall–Kier alpha value is -8.98. The lowest BCUT2D eigenvalue weighted by Gasteiger charge is -2.16. The maximum absolute atomic E-state index is 5.36. The molecule has 0 radical (unpaired) electrons. The van der Waals surface area contributed by atoms with Crippen LogP contribution in [0.2, 0.25) is 0 Å². The summed E-state index contributed by atoms with van der Waals surface area (Å²) in [6.07, 6.45) is 0. The Labute approximate surface area is 395 Å². The van der Waals surface area contributed by atoms with Crippen molar-refractivity contribution < 1.29 is 0 Å². The lowest BCUT2D eigenvalue weighted by atomic mass is 9.94. The number of para-hydroxylation sites is 3. The van der Waals surface area contributed by atoms with Gasteiger partial charge in [0.05, 0.1) is 11.0 Å². The molecule has 0 atom stereocenters. The van der Waals surface area contributed by atoms with Crippen LogP contribution in [0.3, 0.4) is 0 Å². The molecule has 0 aliphatic rings. The maximum atomic E-state index is 5.36. The Morgan fingerprint density at radius 1 is 0.294 bits per heavy atom. The van der Waals surface area contributed by atoms with Crippen LogP contribution in [-0.2, 0) is 0 Å². The summed E-state index contributed by atoms with van der Waals surface area (Å²) in [4.78, 5) is 31.6. The van der Waals surface area contributed by atoms with E-state index in [1.54, 1.807) is 11.3 Å². The number of hydrogen-bond acceptors (Lipinski definition) is 7. The maximum Gasteiger partial charge on any atom is 0.164 e. The first-order chi connectivity index (χ1) is 33.7. The molecule has 9 aromatic carbocycles. The minimum Gasteiger partial charge on any atom is -0.309 e. The van der Waals surface area contributed by atoms with Crippen molar-refractivity contribution in [2.75, 3.05) is 0 Å². The highest BCUT2D eigenvalue weighted by Gasteiger charge is 2.23. The van der Waals surface area contributed by atoms with Crippen molar-refractivity contribution in [2.24, 2.45) is 0 Å². The fraction of sp³-hybridized carbons (Fsp3) is 0. The van der Waals surface area contributed by atoms with Gasteiger partial charge in [-0.25, -0.2) is 29.9 Å². The van der Waals surface area contributed by atoms with Crippen molar-refractivity contribution in [3.05, 3.63) is 224 Å². The molecule has 4 heterocycles. The Balaban J connectivity index is 1.11. The van der Waals surface area contributed by atoms with Crippen molar-refractivity contribution in [3.63, 3.8) is 0 Å². The molecule has 0 bridgehead atoms. The van der Waals surface area contributed by atoms with E-state index in [0.29, 0.717) is 34.9 Å². The summed E-state index contributed by atoms with van der Waals surface area (Å²) < 4.78 is 4.77. The van der Waals surface area contributed by atoms with E-state index in [4.69, 9.17) is 29.9 Å². The van der Waals surface area contributed by atoms with E-state index in [1.807, 2.05) is 91.0 Å². The third-order valence-electron chi connectivity index (χ3n) is 12.5. The van der Waals surface area contributed by atoms with Crippen molar-refractivity contribution in [1.82, 2.24) is 34.5 Å². The van der Waals surface area contributed by atoms with E-state index in [9.17, 15) is 0 Å². The van der Waals surface area contributed by atoms with Gasteiger partial charge in [0, 0.05) is 75.6 Å². The summed E-state index contributed by atoms with van der Waals surface area (Å²) in [6.45, 7) is 0. The van der Waals surface area contributed by atoms with Crippen LogP contribution in [0, 0.1) is 0 Å². The molecule has 0 aliphatic carbocycles. The first-order valence-electron chi connectivity index (χ1n) is 22.5. The van der Waals surface area contributed by atoms with Crippen LogP contribution in [0.5, 0.6) is 0 Å². The molecule has 0 unspecified atom stereocenters. The first kappa shape index (κ1) is 39.4. The van der Waals surface area contributed by atoms with Gasteiger partial charge < -0.3 is 4.57 Å². The highest BCUT2D eigenvalue weighted by Crippen LogP contribution is 2.44. The smallest absolute Gasteiger partial charge is 0.164 e. The second kappa shape index (κ2) is 16.5. The van der Waals surface area contributed by atoms with Gasteiger partial charge in [-0.1, -0.05) is 188 Å². The monoisotopic (exact) mass is 887 g/mol. The highest BCUT2D eigenvalue weighted by atomic mass is 32.1. The van der Waals surface area contributed by atoms with Crippen LogP contribution < -0.4 is 0 Å². The molecule has 0 fully saturated rings. The van der Waals surface area contributed by atoms with Crippen LogP contribution in [0.1, 0.15) is 0 Å². The predicted molar refractivity (Wildman–Crippen MR) is 278 cm³/mol. The summed E-state index contributed by atoms with van der Waals surface area (Å²) in [5.74, 6) is 3.41. The molecule has 13 rings (SSSR count). The molecule has 0 spiro atoms. The normalized spacial score (nSPS) is 11.5. The van der Waals surface area contributed by atoms with Gasteiger partial charge in [0.15, 0.2) is 34.9 Å². The highest BCUT2D eigenvalue weighted by molar-refractivity contribution is 7.25. The van der Waals surface area contributed by atoms with E-state index >= 15 is 0 Å². The zero-order chi connectivity index (χ0) is 45.0. The molecule has 0 amide bonds. The van der Waals surface area contributed by atoms with Crippen LogP contribution in [0.25, 0.3) is 127 Å². The molecule has 7 nitrogen and oxygen atoms in total. The predicted octanol–water partition coefficient (Wildman–Crippen LogP) is 15.2. The van der Waals surface area contributed by atoms with Crippen molar-refractivity contribution in [1.29, 1.82) is 0 Å². The average molecular weight is 888 g/mol. The average Bonchev–Trinajstić information content (AvgIpc) is 3.98. The van der Waals surface area contributed by atoms with Crippen molar-refractivity contribution in [3.8, 4) is 85.1 Å². The molecular weight excluding hydrogens is 851 g/mol. The number of nitrogens with zero attached hydrogens (tertiary/aromatic N) is 7. The quantitative estimate of drug-likeness (QED) is 0.151. The van der Waals surface area contributed by atoms with Crippen LogP contribution in [0.4, 0.5) is 0 Å². The van der Waals surface area contributed by atoms with Gasteiger partial charge >= 0.3 is 0 Å². The third kappa shape index (κ3) is 6.82. The Morgan fingerprint density at radius 3 is 1.41 bits per heavy atom. The first-order valence-corrected chi connectivity index (χ1v) is 23.4. The largest absolute Gasteiger partial charge is 0.309 e. The number of fused-ring (bicyclic) bond motifs is 6. The second-order valence-corrected chi connectivity index (χ2v) is 17.7. The summed E-state index contributed by atoms with van der Waals surface area (Å²) in [7, 11) is 0. The molecule has 4 aromatic heterocycles. The number of thiophene rings is 1. The zero-order valence-corrected chi connectivity index (χ0v) is 37.2. The molecule has 0 aliphatic heterocycles. The molecule has 0 saturated heterocycles. The van der Waals surface area contributed by atoms with E-state index < -0.39 is 0 Å². The third-order valence-corrected chi connectivity index (χ3v) is 13.7. The second-order valence-electron chi connectivity index (χ2n) is 16.6. The lowest BCUT2D eigenvalue weighted by molar-refractivity contribution is 1.07. The summed E-state index contributed by atoms with van der Waals surface area (Å²) >= 11 is 1.78. The van der Waals surface area contributed by atoms with Crippen LogP contribution >= 0.6 is 11.3 Å². The van der Waals surface area contributed by atoms with E-state index in [2.05, 4.69) is 138 Å². The summed E-state index contributed by atoms with van der Waals surface area (Å²) in [5, 5.41) is 4.63. The number of hydrogen-bond donors (Lipinski definition) is 0. The van der Waals surface area contributed by atoms with Crippen molar-refractivity contribution in [2.45, 2.75) is 0 Å². The molecule has 0 N–H and O–H groups in total. The zero-order valence-electron chi connectivity index (χ0n) is 36.4. The van der Waals surface area contributed by atoms with Gasteiger partial charge in [-0.15, -0.1) is 11.3 Å². The molecule has 318 valence electrons. The minimum atomic E-state index is 0.529. The van der Waals surface area contributed by atoms with E-state index in [0.717, 1.165) is 72.0 Å². The molecule has 13 aromatic rings. The van der Waals surface area contributed by atoms with Crippen LogP contribution in [-0.4, -0.2) is 34.5 Å². The number of benzene rings is 9. The topological polar surface area (TPSA) is 82.3 Å². The Morgan fingerprint density at radius 2 is 0.765 bits per heavy atom. The molecule has 68 heavy (non-hydrogen) atoms. The van der Waals surface area contributed by atoms with Gasteiger partial charge in [-0.3, -0.25) is 0 Å². The molecule has 8 heteroatoms. The fourth-order valence-electron chi connectivity index (χ4n) is 9.42. The van der Waals surface area contributed by atoms with Gasteiger partial charge in [0.25, 0.3) is 0 Å². The van der Waals surface area contributed by atoms with Gasteiger partial charge in [-0.2, -0.15) is 0 Å². The fourth-order valence-corrected chi connectivity index (χ4v) is 10.5. The molecular formula is C60H37N7S. The molecule has 0 saturated carbocycles. The Bertz CT molecular complexity index is 3960. The van der Waals surface area contributed by atoms with Gasteiger partial charge in [0.1, 0.15) is 0 Å². The van der Waals surface area contributed by atoms with Crippen LogP contribution in [0.15, 0.2) is 224 Å². The van der Waals surface area contributed by atoms with E-state index in [1.165, 1.54) is 20.2 Å². The summed E-state index contributed by atoms with van der Waals surface area (Å²) in [5.41, 5.74) is 10.5. The SMILES string of the molecule is c1ccc(-c2nc(-c3ccccc3)nc(-c3cc(-c4nc(-c5ccccc5)nc(-c5cccc6sc7ccccc7c56)n4)ccc3-c3cccc4c5ccccc5n(-c5ccccc5)c34)n2)cc1. The summed E-state index contributed by atoms with van der Waals surface area (Å²) in [6, 6.07) is 77.5. The lowest BCUT2D eigenvalue weighted by Crippen LogP contribution is -2.03. The number of rotatable bonds is 8. The standard InChI is InChI=1S/C60H37N7S/c1-5-19-38(20-6-1)55-61-56(39-21-7-2-8-22-39)65-60(64-55)49-37-41(35-36-43(49)45-29-17-30-46-44-27-13-15-32-50(44)67(54(45)46)42-25-11-4-12-26-42)58-62-57(40-23-9-3-10-24-40)63-59(66-58)48-31-18-34-52-53(48)47-28-14-16-33-51(47)68-52/h1-37H. The number of aromatic nitrogens is 7. The van der Waals surface area contributed by atoms with Gasteiger partial charge in [-0.05, 0) is 42.0 Å². The minimum absolute atomic E-state index is 0.529. The Kier molecular flexibility index (Phi) is 9.54. The van der Waals surface area contributed by atoms with Gasteiger partial charge in [0.2, 0.25) is 0 Å². The van der Waals surface area contributed by atoms with Crippen molar-refractivity contribution >= 4 is 53.3 Å². The van der Waals surface area contributed by atoms with E-state index in [-0.39, 0.29) is 0 Å².